The monoisotopic (exact) mass is 227 g/mol. The second-order valence-electron chi connectivity index (χ2n) is 2.51. The van der Waals surface area contributed by atoms with Crippen LogP contribution in [0.25, 0.3) is 0 Å². The number of allylic oxidation sites excluding steroid dienone is 1. The van der Waals surface area contributed by atoms with Gasteiger partial charge in [0.1, 0.15) is 5.82 Å². The van der Waals surface area contributed by atoms with Crippen molar-refractivity contribution < 1.29 is 4.39 Å². The third-order valence-corrected chi connectivity index (χ3v) is 2.14. The second-order valence-corrected chi connectivity index (χ2v) is 3.42. The first kappa shape index (κ1) is 9.46. The summed E-state index contributed by atoms with van der Waals surface area (Å²) >= 11 is 3.27. The number of rotatable bonds is 2. The van der Waals surface area contributed by atoms with Crippen LogP contribution in [0.15, 0.2) is 35.3 Å². The van der Waals surface area contributed by atoms with Crippen molar-refractivity contribution in [2.75, 3.05) is 0 Å². The van der Waals surface area contributed by atoms with E-state index in [1.54, 1.807) is 18.2 Å². The first-order chi connectivity index (χ1) is 5.65. The van der Waals surface area contributed by atoms with Crippen LogP contribution in [0.2, 0.25) is 0 Å². The van der Waals surface area contributed by atoms with Gasteiger partial charge in [0.05, 0.1) is 0 Å². The molecule has 1 aromatic carbocycles. The summed E-state index contributed by atoms with van der Waals surface area (Å²) in [5.74, 6) is -0.430. The Morgan fingerprint density at radius 2 is 2.17 bits per heavy atom. The maximum absolute atomic E-state index is 13.1. The Kier molecular flexibility index (Phi) is 3.04. The fraction of sp³-hybridized carbons (Fsp3) is 0.100. The molecule has 63 valence electrons. The van der Waals surface area contributed by atoms with Gasteiger partial charge in [-0.25, -0.2) is 4.39 Å². The van der Waals surface area contributed by atoms with Crippen LogP contribution in [0.1, 0.15) is 11.5 Å². The normalized spacial score (nSPS) is 12.6. The van der Waals surface area contributed by atoms with Gasteiger partial charge in [0.2, 0.25) is 0 Å². The largest absolute Gasteiger partial charge is 0.207 e. The third-order valence-electron chi connectivity index (χ3n) is 1.64. The molecule has 1 aromatic rings. The van der Waals surface area contributed by atoms with Crippen molar-refractivity contribution in [3.05, 3.63) is 53.6 Å². The molecule has 0 nitrogen and oxygen atoms in total. The Morgan fingerprint density at radius 3 is 2.75 bits per heavy atom. The number of benzene rings is 1. The summed E-state index contributed by atoms with van der Waals surface area (Å²) in [6.07, 6.45) is 1.62. The predicted molar refractivity (Wildman–Crippen MR) is 52.4 cm³/mol. The van der Waals surface area contributed by atoms with Crippen molar-refractivity contribution in [2.45, 2.75) is 5.92 Å². The van der Waals surface area contributed by atoms with E-state index in [4.69, 9.17) is 0 Å². The fourth-order valence-corrected chi connectivity index (χ4v) is 1.30. The number of hydrogen-bond acceptors (Lipinski definition) is 0. The molecule has 12 heavy (non-hydrogen) atoms. The van der Waals surface area contributed by atoms with Gasteiger partial charge < -0.3 is 0 Å². The smallest absolute Gasteiger partial charge is 0.127 e. The quantitative estimate of drug-likeness (QED) is 0.677. The van der Waals surface area contributed by atoms with E-state index in [2.05, 4.69) is 29.4 Å². The van der Waals surface area contributed by atoms with E-state index >= 15 is 0 Å². The summed E-state index contributed by atoms with van der Waals surface area (Å²) in [7, 11) is 0. The van der Waals surface area contributed by atoms with Crippen LogP contribution in [-0.4, -0.2) is 0 Å². The first-order valence-corrected chi connectivity index (χ1v) is 4.35. The van der Waals surface area contributed by atoms with E-state index < -0.39 is 0 Å². The molecule has 0 aliphatic heterocycles. The summed E-state index contributed by atoms with van der Waals surface area (Å²) in [4.78, 5) is 0. The van der Waals surface area contributed by atoms with Crippen LogP contribution >= 0.6 is 15.9 Å². The predicted octanol–water partition coefficient (Wildman–Crippen LogP) is 3.69. The summed E-state index contributed by atoms with van der Waals surface area (Å²) in [6, 6.07) is 4.80. The highest BCUT2D eigenvalue weighted by atomic mass is 79.9. The lowest BCUT2D eigenvalue weighted by molar-refractivity contribution is 0.609. The van der Waals surface area contributed by atoms with E-state index in [0.717, 1.165) is 4.47 Å². The highest BCUT2D eigenvalue weighted by Gasteiger charge is 2.07. The minimum absolute atomic E-state index is 0.192. The van der Waals surface area contributed by atoms with E-state index in [1.165, 1.54) is 6.07 Å². The summed E-state index contributed by atoms with van der Waals surface area (Å²) in [6.45, 7) is 7.31. The van der Waals surface area contributed by atoms with Crippen LogP contribution in [-0.2, 0) is 0 Å². The Hall–Kier alpha value is -0.630. The van der Waals surface area contributed by atoms with Gasteiger partial charge in [-0.3, -0.25) is 0 Å². The van der Waals surface area contributed by atoms with Crippen molar-refractivity contribution >= 4 is 15.9 Å². The highest BCUT2D eigenvalue weighted by molar-refractivity contribution is 9.10. The summed E-state index contributed by atoms with van der Waals surface area (Å²) in [5, 5.41) is 0. The molecule has 2 heteroatoms. The van der Waals surface area contributed by atoms with E-state index in [-0.39, 0.29) is 11.7 Å². The maximum Gasteiger partial charge on any atom is 0.127 e. The Labute approximate surface area is 80.2 Å². The minimum Gasteiger partial charge on any atom is -0.207 e. The van der Waals surface area contributed by atoms with Crippen LogP contribution in [0.4, 0.5) is 4.39 Å². The zero-order chi connectivity index (χ0) is 9.14. The molecule has 0 fully saturated rings. The Balaban J connectivity index is 3.12. The fourth-order valence-electron chi connectivity index (χ4n) is 0.926. The molecule has 0 spiro atoms. The molecule has 1 rings (SSSR count). The van der Waals surface area contributed by atoms with Crippen molar-refractivity contribution in [1.29, 1.82) is 0 Å². The molecular formula is C10H9BrF. The molecule has 0 aliphatic carbocycles. The van der Waals surface area contributed by atoms with Gasteiger partial charge in [-0.15, -0.1) is 6.58 Å². The van der Waals surface area contributed by atoms with Crippen LogP contribution < -0.4 is 0 Å². The minimum atomic E-state index is -0.238. The molecule has 1 unspecified atom stereocenters. The molecule has 0 bridgehead atoms. The zero-order valence-electron chi connectivity index (χ0n) is 6.56. The molecule has 0 saturated heterocycles. The number of hydrogen-bond donors (Lipinski definition) is 0. The highest BCUT2D eigenvalue weighted by Crippen LogP contribution is 2.23. The van der Waals surface area contributed by atoms with Gasteiger partial charge in [-0.1, -0.05) is 22.0 Å². The molecule has 1 atom stereocenters. The lowest BCUT2D eigenvalue weighted by atomic mass is 10.0. The average Bonchev–Trinajstić information content (AvgIpc) is 2.08. The van der Waals surface area contributed by atoms with Crippen LogP contribution in [0.3, 0.4) is 0 Å². The van der Waals surface area contributed by atoms with Gasteiger partial charge in [-0.05, 0) is 30.7 Å². The topological polar surface area (TPSA) is 0 Å². The molecule has 0 amide bonds. The summed E-state index contributed by atoms with van der Waals surface area (Å²) < 4.78 is 14.0. The lowest BCUT2D eigenvalue weighted by Gasteiger charge is -2.07. The van der Waals surface area contributed by atoms with Gasteiger partial charge in [0.25, 0.3) is 0 Å². The Bertz CT molecular complexity index is 294. The zero-order valence-corrected chi connectivity index (χ0v) is 8.14. The van der Waals surface area contributed by atoms with Crippen molar-refractivity contribution in [3.8, 4) is 0 Å². The van der Waals surface area contributed by atoms with Crippen molar-refractivity contribution in [2.24, 2.45) is 0 Å². The third kappa shape index (κ3) is 1.95. The summed E-state index contributed by atoms with van der Waals surface area (Å²) in [5.41, 5.74) is 0.569. The molecule has 0 saturated carbocycles. The standard InChI is InChI=1S/C10H9BrF/c1-3-7(2)9-6-8(11)4-5-10(9)12/h3-7H,1-2H2. The van der Waals surface area contributed by atoms with E-state index in [9.17, 15) is 4.39 Å². The number of halogens is 2. The Morgan fingerprint density at radius 1 is 1.50 bits per heavy atom. The van der Waals surface area contributed by atoms with Gasteiger partial charge in [0, 0.05) is 10.4 Å². The van der Waals surface area contributed by atoms with Gasteiger partial charge >= 0.3 is 0 Å². The van der Waals surface area contributed by atoms with Crippen molar-refractivity contribution in [1.82, 2.24) is 0 Å². The SMILES string of the molecule is [CH2]C(C=C)c1cc(Br)ccc1F. The molecule has 0 aliphatic rings. The van der Waals surface area contributed by atoms with Gasteiger partial charge in [-0.2, -0.15) is 0 Å². The molecular weight excluding hydrogens is 219 g/mol. The van der Waals surface area contributed by atoms with E-state index in [0.29, 0.717) is 5.56 Å². The van der Waals surface area contributed by atoms with Crippen LogP contribution in [0, 0.1) is 12.7 Å². The lowest BCUT2D eigenvalue weighted by Crippen LogP contribution is -1.93. The van der Waals surface area contributed by atoms with Gasteiger partial charge in [0.15, 0.2) is 0 Å². The van der Waals surface area contributed by atoms with Crippen LogP contribution in [0.5, 0.6) is 0 Å². The molecule has 0 aromatic heterocycles. The molecule has 0 heterocycles. The first-order valence-electron chi connectivity index (χ1n) is 3.55. The average molecular weight is 228 g/mol. The molecule has 0 N–H and O–H groups in total. The van der Waals surface area contributed by atoms with E-state index in [1.807, 2.05) is 0 Å². The maximum atomic E-state index is 13.1. The van der Waals surface area contributed by atoms with Crippen molar-refractivity contribution in [3.63, 3.8) is 0 Å². The second kappa shape index (κ2) is 3.85. The molecule has 1 radical (unpaired) electrons.